The van der Waals surface area contributed by atoms with Crippen molar-refractivity contribution in [3.63, 3.8) is 0 Å². The van der Waals surface area contributed by atoms with Crippen LogP contribution in [0.1, 0.15) is 113 Å². The van der Waals surface area contributed by atoms with Crippen LogP contribution in [-0.4, -0.2) is 12.5 Å². The Morgan fingerprint density at radius 1 is 1.03 bits per heavy atom. The first-order valence-electron chi connectivity index (χ1n) is 14.4. The third kappa shape index (κ3) is 3.98. The zero-order chi connectivity index (χ0) is 23.3. The second-order valence-electron chi connectivity index (χ2n) is 13.6. The van der Waals surface area contributed by atoms with Crippen LogP contribution in [0.15, 0.2) is 0 Å². The maximum atomic E-state index is 12.3. The zero-order valence-corrected chi connectivity index (χ0v) is 22.4. The second-order valence-corrected chi connectivity index (χ2v) is 13.6. The molecule has 4 rings (SSSR count). The number of hydrogen-bond acceptors (Lipinski definition) is 1. The number of hydrogen-bond donors (Lipinski definition) is 1. The lowest BCUT2D eigenvalue weighted by molar-refractivity contribution is -0.162. The molecule has 0 aliphatic heterocycles. The Morgan fingerprint density at radius 3 is 2.50 bits per heavy atom. The van der Waals surface area contributed by atoms with Crippen LogP contribution in [0.3, 0.4) is 0 Å². The van der Waals surface area contributed by atoms with E-state index in [1.165, 1.54) is 44.9 Å². The summed E-state index contributed by atoms with van der Waals surface area (Å²) >= 11 is 0. The van der Waals surface area contributed by atoms with Crippen LogP contribution >= 0.6 is 0 Å². The molecule has 0 saturated heterocycles. The lowest BCUT2D eigenvalue weighted by Crippen LogP contribution is -2.58. The van der Waals surface area contributed by atoms with Gasteiger partial charge in [-0.05, 0) is 115 Å². The average molecular weight is 444 g/mol. The lowest BCUT2D eigenvalue weighted by atomic mass is 9.40. The van der Waals surface area contributed by atoms with Crippen LogP contribution in [-0.2, 0) is 4.79 Å². The highest BCUT2D eigenvalue weighted by Crippen LogP contribution is 2.71. The SMILES string of the molecule is CCCNC(=O)CCC(C)C1CCC2C3C(C)CC4CC(C)CCC4(C)C3CC(C)C12C. The van der Waals surface area contributed by atoms with Gasteiger partial charge in [-0.15, -0.1) is 0 Å². The van der Waals surface area contributed by atoms with Gasteiger partial charge in [0, 0.05) is 13.0 Å². The Hall–Kier alpha value is -0.530. The summed E-state index contributed by atoms with van der Waals surface area (Å²) in [6.07, 6.45) is 13.0. The molecule has 0 aromatic rings. The molecule has 2 heteroatoms. The largest absolute Gasteiger partial charge is 0.356 e. The van der Waals surface area contributed by atoms with E-state index in [0.717, 1.165) is 66.7 Å². The quantitative estimate of drug-likeness (QED) is 0.447. The van der Waals surface area contributed by atoms with Gasteiger partial charge in [0.15, 0.2) is 0 Å². The van der Waals surface area contributed by atoms with Crippen molar-refractivity contribution >= 4 is 5.91 Å². The van der Waals surface area contributed by atoms with Gasteiger partial charge in [0.25, 0.3) is 0 Å². The summed E-state index contributed by atoms with van der Waals surface area (Å²) < 4.78 is 0. The van der Waals surface area contributed by atoms with Gasteiger partial charge in [-0.2, -0.15) is 0 Å². The molecule has 0 spiro atoms. The summed E-state index contributed by atoms with van der Waals surface area (Å²) in [5.41, 5.74) is 1.07. The summed E-state index contributed by atoms with van der Waals surface area (Å²) in [7, 11) is 0. The number of amides is 1. The van der Waals surface area contributed by atoms with Gasteiger partial charge in [0.2, 0.25) is 5.91 Å². The van der Waals surface area contributed by atoms with Crippen molar-refractivity contribution < 1.29 is 4.79 Å². The minimum atomic E-state index is 0.265. The van der Waals surface area contributed by atoms with E-state index in [1.807, 2.05) is 0 Å². The fourth-order valence-corrected chi connectivity index (χ4v) is 10.1. The summed E-state index contributed by atoms with van der Waals surface area (Å²) in [6.45, 7) is 18.6. The minimum Gasteiger partial charge on any atom is -0.356 e. The lowest BCUT2D eigenvalue weighted by Gasteiger charge is -2.65. The van der Waals surface area contributed by atoms with Crippen molar-refractivity contribution in [2.45, 2.75) is 113 Å². The number of carbonyl (C=O) groups is 1. The molecule has 11 unspecified atom stereocenters. The molecule has 0 aromatic heterocycles. The molecule has 4 aliphatic carbocycles. The highest BCUT2D eigenvalue weighted by Gasteiger charge is 2.64. The van der Waals surface area contributed by atoms with Crippen molar-refractivity contribution in [2.24, 2.45) is 64.1 Å². The monoisotopic (exact) mass is 443 g/mol. The Kier molecular flexibility index (Phi) is 7.11. The molecule has 1 N–H and O–H groups in total. The van der Waals surface area contributed by atoms with Crippen molar-refractivity contribution in [1.82, 2.24) is 5.32 Å². The van der Waals surface area contributed by atoms with Crippen LogP contribution < -0.4 is 5.32 Å². The van der Waals surface area contributed by atoms with Crippen LogP contribution in [0.25, 0.3) is 0 Å². The van der Waals surface area contributed by atoms with E-state index < -0.39 is 0 Å². The van der Waals surface area contributed by atoms with Gasteiger partial charge in [0.05, 0.1) is 0 Å². The molecule has 1 amide bonds. The molecule has 4 aliphatic rings. The highest BCUT2D eigenvalue weighted by atomic mass is 16.1. The van der Waals surface area contributed by atoms with E-state index in [1.54, 1.807) is 0 Å². The molecule has 0 radical (unpaired) electrons. The molecule has 2 nitrogen and oxygen atoms in total. The average Bonchev–Trinajstić information content (AvgIpc) is 3.11. The van der Waals surface area contributed by atoms with Crippen molar-refractivity contribution in [1.29, 1.82) is 0 Å². The first kappa shape index (κ1) is 24.6. The highest BCUT2D eigenvalue weighted by molar-refractivity contribution is 5.75. The molecule has 0 bridgehead atoms. The van der Waals surface area contributed by atoms with Crippen molar-refractivity contribution in [2.75, 3.05) is 6.54 Å². The van der Waals surface area contributed by atoms with Gasteiger partial charge in [0.1, 0.15) is 0 Å². The normalized spacial score (nSPS) is 49.0. The van der Waals surface area contributed by atoms with E-state index >= 15 is 0 Å². The summed E-state index contributed by atoms with van der Waals surface area (Å²) in [5.74, 6) is 8.15. The topological polar surface area (TPSA) is 29.1 Å². The molecule has 0 aromatic carbocycles. The van der Waals surface area contributed by atoms with E-state index in [0.29, 0.717) is 23.2 Å². The second kappa shape index (κ2) is 9.26. The first-order chi connectivity index (χ1) is 15.1. The molecule has 4 saturated carbocycles. The molecule has 11 atom stereocenters. The van der Waals surface area contributed by atoms with Crippen LogP contribution in [0.4, 0.5) is 0 Å². The van der Waals surface area contributed by atoms with Crippen LogP contribution in [0.2, 0.25) is 0 Å². The number of rotatable bonds is 6. The maximum absolute atomic E-state index is 12.3. The Bertz CT molecular complexity index is 674. The van der Waals surface area contributed by atoms with E-state index in [4.69, 9.17) is 0 Å². The molecule has 32 heavy (non-hydrogen) atoms. The smallest absolute Gasteiger partial charge is 0.220 e. The van der Waals surface area contributed by atoms with Crippen LogP contribution in [0, 0.1) is 64.1 Å². The Balaban J connectivity index is 1.51. The van der Waals surface area contributed by atoms with Crippen LogP contribution in [0.5, 0.6) is 0 Å². The van der Waals surface area contributed by atoms with Gasteiger partial charge in [-0.3, -0.25) is 4.79 Å². The number of fused-ring (bicyclic) bond motifs is 5. The predicted molar refractivity (Wildman–Crippen MR) is 135 cm³/mol. The summed E-state index contributed by atoms with van der Waals surface area (Å²) in [4.78, 5) is 12.3. The standard InChI is InChI=1S/C30H53NO/c1-8-15-31-27(32)12-9-20(3)24-10-11-25-28-21(4)17-23-16-19(2)13-14-29(23,6)26(28)18-22(5)30(24,25)7/h19-26,28H,8-18H2,1-7H3,(H,31,32). The van der Waals surface area contributed by atoms with Gasteiger partial charge in [-0.1, -0.05) is 54.9 Å². The van der Waals surface area contributed by atoms with Crippen molar-refractivity contribution in [3.05, 3.63) is 0 Å². The molecule has 184 valence electrons. The number of nitrogens with one attached hydrogen (secondary N) is 1. The van der Waals surface area contributed by atoms with Gasteiger partial charge in [-0.25, -0.2) is 0 Å². The van der Waals surface area contributed by atoms with Gasteiger partial charge >= 0.3 is 0 Å². The first-order valence-corrected chi connectivity index (χ1v) is 14.4. The Labute approximate surface area is 199 Å². The minimum absolute atomic E-state index is 0.265. The fourth-order valence-electron chi connectivity index (χ4n) is 10.1. The Morgan fingerprint density at radius 2 is 1.78 bits per heavy atom. The van der Waals surface area contributed by atoms with E-state index in [-0.39, 0.29) is 5.91 Å². The fraction of sp³-hybridized carbons (Fsp3) is 0.967. The summed E-state index contributed by atoms with van der Waals surface area (Å²) in [6, 6.07) is 0. The molecular formula is C30H53NO. The molecular weight excluding hydrogens is 390 g/mol. The van der Waals surface area contributed by atoms with E-state index in [2.05, 4.69) is 53.8 Å². The molecule has 4 fully saturated rings. The third-order valence-corrected chi connectivity index (χ3v) is 12.0. The predicted octanol–water partition coefficient (Wildman–Crippen LogP) is 7.72. The zero-order valence-electron chi connectivity index (χ0n) is 22.4. The van der Waals surface area contributed by atoms with Gasteiger partial charge < -0.3 is 5.32 Å². The van der Waals surface area contributed by atoms with E-state index in [9.17, 15) is 4.79 Å². The number of carbonyl (C=O) groups excluding carboxylic acids is 1. The van der Waals surface area contributed by atoms with Crippen molar-refractivity contribution in [3.8, 4) is 0 Å². The molecule has 0 heterocycles. The maximum Gasteiger partial charge on any atom is 0.220 e. The third-order valence-electron chi connectivity index (χ3n) is 12.0. The summed E-state index contributed by atoms with van der Waals surface area (Å²) in [5, 5.41) is 3.09.